The summed E-state index contributed by atoms with van der Waals surface area (Å²) in [6, 6.07) is 20.2. The van der Waals surface area contributed by atoms with Gasteiger partial charge in [-0.2, -0.15) is 0 Å². The van der Waals surface area contributed by atoms with Crippen molar-refractivity contribution in [3.8, 4) is 27.3 Å². The predicted octanol–water partition coefficient (Wildman–Crippen LogP) is 7.71. The predicted molar refractivity (Wildman–Crippen MR) is 293 cm³/mol. The van der Waals surface area contributed by atoms with Gasteiger partial charge in [-0.1, -0.05) is 57.2 Å². The fourth-order valence-corrected chi connectivity index (χ4v) is 10.8. The second kappa shape index (κ2) is 25.9. The highest BCUT2D eigenvalue weighted by atomic mass is 32.1. The summed E-state index contributed by atoms with van der Waals surface area (Å²) in [6.45, 7) is 18.5. The Labute approximate surface area is 445 Å². The molecule has 0 spiro atoms. The molecule has 0 radical (unpaired) electrons. The lowest BCUT2D eigenvalue weighted by Crippen LogP contribution is -2.58. The lowest BCUT2D eigenvalue weighted by atomic mass is 9.85. The van der Waals surface area contributed by atoms with E-state index in [0.717, 1.165) is 93.3 Å². The number of anilines is 1. The minimum atomic E-state index is -0.955. The molecule has 2 aliphatic heterocycles. The van der Waals surface area contributed by atoms with Gasteiger partial charge in [-0.3, -0.25) is 24.0 Å². The molecule has 4 amide bonds. The fourth-order valence-electron chi connectivity index (χ4n) is 9.95. The maximum absolute atomic E-state index is 14.1. The number of carbonyl (C=O) groups excluding carboxylic acids is 4. The highest BCUT2D eigenvalue weighted by Gasteiger charge is 2.44. The number of aliphatic hydroxyl groups excluding tert-OH is 1. The van der Waals surface area contributed by atoms with Crippen molar-refractivity contribution in [2.75, 3.05) is 51.0 Å². The van der Waals surface area contributed by atoms with Crippen LogP contribution in [-0.2, 0) is 36.9 Å². The van der Waals surface area contributed by atoms with Gasteiger partial charge in [0.1, 0.15) is 24.4 Å². The number of aliphatic hydroxyl groups is 1. The number of aromatic nitrogens is 2. The SMILES string of the molecule is CCN(c1cc(-c2ccc(OCCCCCOCC(=O)N[C@H](C(=O)N3C[C@H](O)C[C@H]3C(=O)NCc3ccc(-c4scnc4C)cc3)C(C)(C)C)cc2)cc(C(=O)NCc2c(C)cc(C)[nH]c2=O)c1C)C1CCOCC1. The maximum atomic E-state index is 14.1. The van der Waals surface area contributed by atoms with Gasteiger partial charge in [0.2, 0.25) is 17.7 Å². The monoisotopic (exact) mass is 1050 g/mol. The van der Waals surface area contributed by atoms with Crippen LogP contribution in [-0.4, -0.2) is 114 Å². The van der Waals surface area contributed by atoms with Gasteiger partial charge in [-0.15, -0.1) is 11.3 Å². The van der Waals surface area contributed by atoms with E-state index in [-0.39, 0.29) is 56.1 Å². The van der Waals surface area contributed by atoms with E-state index in [1.807, 2.05) is 115 Å². The molecular formula is C58H75N7O9S. The average molecular weight is 1050 g/mol. The third kappa shape index (κ3) is 14.7. The number of β-amino-alcohol motifs (C(OH)–C–C–N with tert-alkyl or cyclic N) is 1. The number of hydrogen-bond donors (Lipinski definition) is 5. The summed E-state index contributed by atoms with van der Waals surface area (Å²) in [7, 11) is 0. The van der Waals surface area contributed by atoms with E-state index < -0.39 is 35.4 Å². The van der Waals surface area contributed by atoms with Crippen LogP contribution < -0.4 is 31.1 Å². The number of aromatic amines is 1. The Morgan fingerprint density at radius 2 is 1.61 bits per heavy atom. The number of hydrogen-bond acceptors (Lipinski definition) is 12. The third-order valence-electron chi connectivity index (χ3n) is 14.2. The van der Waals surface area contributed by atoms with Gasteiger partial charge >= 0.3 is 0 Å². The highest BCUT2D eigenvalue weighted by molar-refractivity contribution is 7.13. The van der Waals surface area contributed by atoms with Gasteiger partial charge in [0, 0.05) is 81.0 Å². The Kier molecular flexibility index (Phi) is 19.5. The summed E-state index contributed by atoms with van der Waals surface area (Å²) >= 11 is 1.57. The Morgan fingerprint density at radius 1 is 0.907 bits per heavy atom. The maximum Gasteiger partial charge on any atom is 0.253 e. The number of aryl methyl sites for hydroxylation is 3. The van der Waals surface area contributed by atoms with Gasteiger partial charge in [0.25, 0.3) is 11.5 Å². The zero-order valence-electron chi connectivity index (χ0n) is 44.8. The summed E-state index contributed by atoms with van der Waals surface area (Å²) in [5.74, 6) is -0.770. The zero-order chi connectivity index (χ0) is 53.8. The van der Waals surface area contributed by atoms with Gasteiger partial charge < -0.3 is 50.1 Å². The summed E-state index contributed by atoms with van der Waals surface area (Å²) in [6.07, 6.45) is 3.29. The zero-order valence-corrected chi connectivity index (χ0v) is 45.6. The van der Waals surface area contributed by atoms with Gasteiger partial charge in [0.05, 0.1) is 28.8 Å². The van der Waals surface area contributed by atoms with Crippen molar-refractivity contribution in [1.82, 2.24) is 30.8 Å². The Balaban J connectivity index is 0.868. The molecule has 0 saturated carbocycles. The molecule has 3 atom stereocenters. The molecule has 402 valence electrons. The number of benzene rings is 3. The number of H-pyrrole nitrogens is 1. The molecule has 0 aliphatic carbocycles. The van der Waals surface area contributed by atoms with Crippen LogP contribution in [0.5, 0.6) is 5.75 Å². The Bertz CT molecular complexity index is 2820. The molecule has 2 aliphatic rings. The summed E-state index contributed by atoms with van der Waals surface area (Å²) < 4.78 is 17.5. The number of amides is 4. The number of thiazole rings is 1. The van der Waals surface area contributed by atoms with Crippen LogP contribution in [0.2, 0.25) is 0 Å². The lowest BCUT2D eigenvalue weighted by molar-refractivity contribution is -0.144. The quantitative estimate of drug-likeness (QED) is 0.0425. The Morgan fingerprint density at radius 3 is 2.28 bits per heavy atom. The van der Waals surface area contributed by atoms with E-state index in [4.69, 9.17) is 14.2 Å². The van der Waals surface area contributed by atoms with Crippen molar-refractivity contribution in [2.24, 2.45) is 5.41 Å². The van der Waals surface area contributed by atoms with E-state index in [9.17, 15) is 29.1 Å². The molecule has 75 heavy (non-hydrogen) atoms. The molecule has 17 heteroatoms. The highest BCUT2D eigenvalue weighted by Crippen LogP contribution is 2.35. The van der Waals surface area contributed by atoms with Crippen molar-refractivity contribution in [3.05, 3.63) is 122 Å². The average Bonchev–Trinajstić information content (AvgIpc) is 4.01. The van der Waals surface area contributed by atoms with Crippen molar-refractivity contribution >= 4 is 40.7 Å². The van der Waals surface area contributed by atoms with Gasteiger partial charge in [-0.05, 0) is 136 Å². The third-order valence-corrected chi connectivity index (χ3v) is 15.1. The molecule has 0 bridgehead atoms. The summed E-state index contributed by atoms with van der Waals surface area (Å²) in [5.41, 5.74) is 10.2. The number of rotatable bonds is 22. The molecule has 2 saturated heterocycles. The minimum absolute atomic E-state index is 0.0124. The first-order valence-corrected chi connectivity index (χ1v) is 27.1. The van der Waals surface area contributed by atoms with Crippen LogP contribution >= 0.6 is 11.3 Å². The van der Waals surface area contributed by atoms with E-state index in [2.05, 4.69) is 43.8 Å². The van der Waals surface area contributed by atoms with Gasteiger partial charge in [0.15, 0.2) is 0 Å². The van der Waals surface area contributed by atoms with Crippen molar-refractivity contribution < 1.29 is 38.5 Å². The van der Waals surface area contributed by atoms with Gasteiger partial charge in [-0.25, -0.2) is 4.98 Å². The number of ether oxygens (including phenoxy) is 3. The van der Waals surface area contributed by atoms with Crippen LogP contribution in [0.1, 0.15) is 110 Å². The normalized spacial score (nSPS) is 16.4. The summed E-state index contributed by atoms with van der Waals surface area (Å²) in [5, 5.41) is 19.4. The lowest BCUT2D eigenvalue weighted by Gasteiger charge is -2.37. The molecule has 4 heterocycles. The minimum Gasteiger partial charge on any atom is -0.494 e. The van der Waals surface area contributed by atoms with Crippen molar-refractivity contribution in [3.63, 3.8) is 0 Å². The molecule has 2 fully saturated rings. The molecule has 7 rings (SSSR count). The van der Waals surface area contributed by atoms with Crippen molar-refractivity contribution in [2.45, 2.75) is 131 Å². The second-order valence-electron chi connectivity index (χ2n) is 20.9. The van der Waals surface area contributed by atoms with E-state index in [0.29, 0.717) is 44.0 Å². The fraction of sp³-hybridized carbons (Fsp3) is 0.483. The number of unbranched alkanes of at least 4 members (excludes halogenated alkanes) is 2. The first-order valence-electron chi connectivity index (χ1n) is 26.2. The van der Waals surface area contributed by atoms with Crippen LogP contribution in [0, 0.1) is 33.1 Å². The molecule has 5 N–H and O–H groups in total. The number of carbonyl (C=O) groups is 4. The van der Waals surface area contributed by atoms with Crippen LogP contribution in [0.25, 0.3) is 21.6 Å². The topological polar surface area (TPSA) is 205 Å². The van der Waals surface area contributed by atoms with Crippen LogP contribution in [0.3, 0.4) is 0 Å². The van der Waals surface area contributed by atoms with Crippen molar-refractivity contribution in [1.29, 1.82) is 0 Å². The first kappa shape index (κ1) is 56.3. The number of pyridine rings is 1. The number of nitrogens with one attached hydrogen (secondary N) is 4. The van der Waals surface area contributed by atoms with Crippen LogP contribution in [0.15, 0.2) is 77.0 Å². The standard InChI is InChI=1S/C58H75N7O9S/c1-9-64(44-21-25-72-26-22-44)49-29-43(28-47(38(49)4)54(68)60-32-48-36(2)27-37(3)62-55(48)69)41-17-19-46(20-18-41)74-24-12-10-11-23-73-34-51(67)63-53(58(6,7)8)57(71)65-33-45(66)30-50(65)56(70)59-31-40-13-15-42(16-14-40)52-39(5)61-35-75-52/h13-20,27-29,35,44-45,50,53,66H,9-12,21-26,30-34H2,1-8H3,(H,59,70)(H,60,68)(H,62,69)(H,63,67)/t45-,50+,53-/m1/s1. The number of nitrogens with zero attached hydrogens (tertiary/aromatic N) is 3. The first-order chi connectivity index (χ1) is 35.9. The molecule has 3 aromatic carbocycles. The smallest absolute Gasteiger partial charge is 0.253 e. The number of likely N-dealkylation sites (tertiary alicyclic amines) is 1. The van der Waals surface area contributed by atoms with E-state index in [1.54, 1.807) is 11.3 Å². The van der Waals surface area contributed by atoms with Crippen LogP contribution in [0.4, 0.5) is 5.69 Å². The molecule has 0 unspecified atom stereocenters. The van der Waals surface area contributed by atoms with E-state index >= 15 is 0 Å². The molecule has 2 aromatic heterocycles. The largest absolute Gasteiger partial charge is 0.494 e. The molecule has 16 nitrogen and oxygen atoms in total. The van der Waals surface area contributed by atoms with E-state index in [1.165, 1.54) is 4.90 Å². The Hall–Kier alpha value is -6.40. The molecular weight excluding hydrogens is 971 g/mol. The molecule has 5 aromatic rings. The summed E-state index contributed by atoms with van der Waals surface area (Å²) in [4.78, 5) is 79.5. The second-order valence-corrected chi connectivity index (χ2v) is 21.7.